The Labute approximate surface area is 133 Å². The van der Waals surface area contributed by atoms with Gasteiger partial charge in [0, 0.05) is 38.0 Å². The summed E-state index contributed by atoms with van der Waals surface area (Å²) < 4.78 is 5.99. The summed E-state index contributed by atoms with van der Waals surface area (Å²) in [4.78, 5) is 22.6. The van der Waals surface area contributed by atoms with Crippen LogP contribution < -0.4 is 5.32 Å². The fourth-order valence-electron chi connectivity index (χ4n) is 2.05. The molecule has 6 nitrogen and oxygen atoms in total. The lowest BCUT2D eigenvalue weighted by molar-refractivity contribution is -0.134. The van der Waals surface area contributed by atoms with E-state index in [1.54, 1.807) is 0 Å². The van der Waals surface area contributed by atoms with Gasteiger partial charge >= 0.3 is 0 Å². The molecule has 1 saturated heterocycles. The largest absolute Gasteiger partial charge is 0.378 e. The molecule has 0 bridgehead atoms. The summed E-state index contributed by atoms with van der Waals surface area (Å²) >= 11 is 3.38. The van der Waals surface area contributed by atoms with Gasteiger partial charge in [-0.1, -0.05) is 13.8 Å². The van der Waals surface area contributed by atoms with Crippen LogP contribution in [0.3, 0.4) is 0 Å². The zero-order chi connectivity index (χ0) is 15.2. The Morgan fingerprint density at radius 1 is 1.43 bits per heavy atom. The van der Waals surface area contributed by atoms with Crippen LogP contribution in [0.15, 0.2) is 10.7 Å². The second-order valence-electron chi connectivity index (χ2n) is 5.26. The van der Waals surface area contributed by atoms with Crippen LogP contribution in [-0.2, 0) is 9.53 Å². The van der Waals surface area contributed by atoms with E-state index in [4.69, 9.17) is 4.74 Å². The molecule has 0 spiro atoms. The molecule has 0 aromatic carbocycles. The number of hydrogen-bond acceptors (Lipinski definition) is 5. The van der Waals surface area contributed by atoms with Crippen LogP contribution >= 0.6 is 15.9 Å². The lowest BCUT2D eigenvalue weighted by atomic mass is 10.2. The molecule has 1 aromatic rings. The maximum atomic E-state index is 12.0. The highest BCUT2D eigenvalue weighted by Gasteiger charge is 2.16. The minimum absolute atomic E-state index is 0.156. The fraction of sp³-hybridized carbons (Fsp3) is 0.643. The van der Waals surface area contributed by atoms with Crippen molar-refractivity contribution in [3.8, 4) is 0 Å². The van der Waals surface area contributed by atoms with Crippen molar-refractivity contribution < 1.29 is 9.53 Å². The van der Waals surface area contributed by atoms with Gasteiger partial charge in [-0.05, 0) is 15.9 Å². The first kappa shape index (κ1) is 16.2. The first-order valence-electron chi connectivity index (χ1n) is 7.20. The van der Waals surface area contributed by atoms with Gasteiger partial charge in [0.25, 0.3) is 0 Å². The summed E-state index contributed by atoms with van der Waals surface area (Å²) in [6.45, 7) is 7.31. The number of hydrogen-bond donors (Lipinski definition) is 1. The molecular weight excluding hydrogens is 336 g/mol. The minimum atomic E-state index is 0.156. The number of rotatable bonds is 5. The first-order chi connectivity index (χ1) is 10.1. The minimum Gasteiger partial charge on any atom is -0.378 e. The number of nitrogens with one attached hydrogen (secondary N) is 1. The molecule has 1 N–H and O–H groups in total. The molecule has 0 atom stereocenters. The molecule has 1 aliphatic heterocycles. The van der Waals surface area contributed by atoms with Crippen molar-refractivity contribution in [1.29, 1.82) is 0 Å². The number of anilines is 1. The van der Waals surface area contributed by atoms with Crippen molar-refractivity contribution >= 4 is 27.7 Å². The van der Waals surface area contributed by atoms with Crippen LogP contribution in [0.5, 0.6) is 0 Å². The van der Waals surface area contributed by atoms with E-state index in [0.717, 1.165) is 16.2 Å². The predicted molar refractivity (Wildman–Crippen MR) is 84.3 cm³/mol. The highest BCUT2D eigenvalue weighted by Crippen LogP contribution is 2.17. The lowest BCUT2D eigenvalue weighted by Crippen LogP contribution is -2.41. The fourth-order valence-corrected chi connectivity index (χ4v) is 2.45. The third-order valence-corrected chi connectivity index (χ3v) is 3.64. The van der Waals surface area contributed by atoms with Gasteiger partial charge in [-0.15, -0.1) is 0 Å². The van der Waals surface area contributed by atoms with E-state index < -0.39 is 0 Å². The van der Waals surface area contributed by atoms with Crippen LogP contribution in [0, 0.1) is 0 Å². The molecule has 1 aliphatic rings. The highest BCUT2D eigenvalue weighted by atomic mass is 79.9. The quantitative estimate of drug-likeness (QED) is 0.817. The Morgan fingerprint density at radius 3 is 2.81 bits per heavy atom. The van der Waals surface area contributed by atoms with E-state index in [9.17, 15) is 4.79 Å². The zero-order valence-corrected chi connectivity index (χ0v) is 14.0. The van der Waals surface area contributed by atoms with Gasteiger partial charge in [-0.3, -0.25) is 4.79 Å². The molecule has 0 unspecified atom stereocenters. The average Bonchev–Trinajstić information content (AvgIpc) is 2.47. The van der Waals surface area contributed by atoms with Crippen LogP contribution in [0.2, 0.25) is 0 Å². The van der Waals surface area contributed by atoms with Crippen molar-refractivity contribution in [3.05, 3.63) is 16.5 Å². The number of amides is 1. The lowest BCUT2D eigenvalue weighted by Gasteiger charge is -2.26. The molecule has 0 saturated carbocycles. The molecule has 116 valence electrons. The van der Waals surface area contributed by atoms with Crippen molar-refractivity contribution in [2.24, 2.45) is 0 Å². The van der Waals surface area contributed by atoms with Gasteiger partial charge in [0.1, 0.15) is 16.2 Å². The summed E-state index contributed by atoms with van der Waals surface area (Å²) in [6, 6.07) is 1.82. The maximum absolute atomic E-state index is 12.0. The van der Waals surface area contributed by atoms with E-state index in [0.29, 0.717) is 39.3 Å². The normalized spacial score (nSPS) is 15.3. The highest BCUT2D eigenvalue weighted by molar-refractivity contribution is 9.10. The smallest absolute Gasteiger partial charge is 0.224 e. The number of aromatic nitrogens is 2. The third-order valence-electron chi connectivity index (χ3n) is 3.24. The Kier molecular flexibility index (Phi) is 5.93. The van der Waals surface area contributed by atoms with Gasteiger partial charge in [0.15, 0.2) is 0 Å². The summed E-state index contributed by atoms with van der Waals surface area (Å²) in [6.07, 6.45) is 0.457. The number of carbonyl (C=O) groups is 1. The molecule has 1 aromatic heterocycles. The van der Waals surface area contributed by atoms with E-state index in [1.807, 2.05) is 24.8 Å². The molecule has 0 radical (unpaired) electrons. The Bertz CT molecular complexity index is 490. The molecule has 2 rings (SSSR count). The van der Waals surface area contributed by atoms with Crippen molar-refractivity contribution in [3.63, 3.8) is 0 Å². The number of nitrogens with zero attached hydrogens (tertiary/aromatic N) is 3. The maximum Gasteiger partial charge on any atom is 0.224 e. The van der Waals surface area contributed by atoms with Crippen molar-refractivity contribution in [1.82, 2.24) is 14.9 Å². The molecule has 0 aliphatic carbocycles. The third kappa shape index (κ3) is 4.93. The molecule has 1 fully saturated rings. The SMILES string of the molecule is CC(C)c1nc(Br)cc(NCCC(=O)N2CCOCC2)n1. The number of ether oxygens (including phenoxy) is 1. The van der Waals surface area contributed by atoms with Crippen molar-refractivity contribution in [2.45, 2.75) is 26.2 Å². The van der Waals surface area contributed by atoms with Gasteiger partial charge in [-0.2, -0.15) is 0 Å². The monoisotopic (exact) mass is 356 g/mol. The molecule has 2 heterocycles. The summed E-state index contributed by atoms with van der Waals surface area (Å²) in [7, 11) is 0. The Morgan fingerprint density at radius 2 is 2.14 bits per heavy atom. The second kappa shape index (κ2) is 7.70. The number of halogens is 1. The van der Waals surface area contributed by atoms with Crippen LogP contribution in [0.25, 0.3) is 0 Å². The van der Waals surface area contributed by atoms with Gasteiger partial charge < -0.3 is 15.0 Å². The van der Waals surface area contributed by atoms with E-state index >= 15 is 0 Å². The van der Waals surface area contributed by atoms with Gasteiger partial charge in [0.2, 0.25) is 5.91 Å². The van der Waals surface area contributed by atoms with Crippen LogP contribution in [-0.4, -0.2) is 53.6 Å². The second-order valence-corrected chi connectivity index (χ2v) is 6.07. The molecule has 1 amide bonds. The summed E-state index contributed by atoms with van der Waals surface area (Å²) in [5.74, 6) is 1.95. The average molecular weight is 357 g/mol. The summed E-state index contributed by atoms with van der Waals surface area (Å²) in [5, 5.41) is 3.19. The molecule has 21 heavy (non-hydrogen) atoms. The summed E-state index contributed by atoms with van der Waals surface area (Å²) in [5.41, 5.74) is 0. The van der Waals surface area contributed by atoms with Crippen LogP contribution in [0.4, 0.5) is 5.82 Å². The molecule has 7 heteroatoms. The zero-order valence-electron chi connectivity index (χ0n) is 12.4. The Balaban J connectivity index is 1.84. The van der Waals surface area contributed by atoms with Gasteiger partial charge in [0.05, 0.1) is 13.2 Å². The standard InChI is InChI=1S/C14H21BrN4O2/c1-10(2)14-17-11(15)9-12(18-14)16-4-3-13(20)19-5-7-21-8-6-19/h9-10H,3-8H2,1-2H3,(H,16,17,18). The number of morpholine rings is 1. The van der Waals surface area contributed by atoms with Gasteiger partial charge in [-0.25, -0.2) is 9.97 Å². The molecular formula is C14H21BrN4O2. The predicted octanol–water partition coefficient (Wildman–Crippen LogP) is 2.02. The van der Waals surface area contributed by atoms with E-state index in [1.165, 1.54) is 0 Å². The van der Waals surface area contributed by atoms with E-state index in [2.05, 4.69) is 31.2 Å². The van der Waals surface area contributed by atoms with Crippen molar-refractivity contribution in [2.75, 3.05) is 38.2 Å². The topological polar surface area (TPSA) is 67.4 Å². The number of carbonyl (C=O) groups excluding carboxylic acids is 1. The van der Waals surface area contributed by atoms with E-state index in [-0.39, 0.29) is 11.8 Å². The first-order valence-corrected chi connectivity index (χ1v) is 7.99. The van der Waals surface area contributed by atoms with Crippen LogP contribution in [0.1, 0.15) is 32.0 Å². The Hall–Kier alpha value is -1.21.